The van der Waals surface area contributed by atoms with Gasteiger partial charge in [-0.2, -0.15) is 18.4 Å². The average Bonchev–Trinajstić information content (AvgIpc) is 3.14. The molecule has 2 aromatic carbocycles. The number of hydrogen-bond acceptors (Lipinski definition) is 4. The first-order chi connectivity index (χ1) is 12.4. The highest BCUT2D eigenvalue weighted by Gasteiger charge is 2.30. The van der Waals surface area contributed by atoms with Crippen molar-refractivity contribution in [3.05, 3.63) is 71.0 Å². The lowest BCUT2D eigenvalue weighted by Crippen LogP contribution is -2.14. The third-order valence-electron chi connectivity index (χ3n) is 3.69. The van der Waals surface area contributed by atoms with Crippen LogP contribution in [0.5, 0.6) is 0 Å². The van der Waals surface area contributed by atoms with Crippen LogP contribution in [0.15, 0.2) is 48.5 Å². The highest BCUT2D eigenvalue weighted by Crippen LogP contribution is 2.29. The van der Waals surface area contributed by atoms with Gasteiger partial charge in [0, 0.05) is 17.7 Å². The topological polar surface area (TPSA) is 83.6 Å². The Balaban J connectivity index is 1.62. The maximum absolute atomic E-state index is 12.7. The Morgan fingerprint density at radius 3 is 2.50 bits per heavy atom. The van der Waals surface area contributed by atoms with E-state index in [1.807, 2.05) is 12.1 Å². The van der Waals surface area contributed by atoms with Gasteiger partial charge in [-0.15, -0.1) is 10.2 Å². The minimum Gasteiger partial charge on any atom is -0.322 e. The van der Waals surface area contributed by atoms with Crippen molar-refractivity contribution in [1.82, 2.24) is 20.6 Å². The van der Waals surface area contributed by atoms with Crippen molar-refractivity contribution in [3.8, 4) is 0 Å². The number of nitrogens with one attached hydrogen (secondary N) is 2. The van der Waals surface area contributed by atoms with Crippen LogP contribution in [0.2, 0.25) is 0 Å². The molecular formula is C17H14F3N5O. The molecule has 134 valence electrons. The molecule has 0 aliphatic carbocycles. The second-order valence-electron chi connectivity index (χ2n) is 5.56. The van der Waals surface area contributed by atoms with Crippen LogP contribution in [-0.2, 0) is 19.0 Å². The largest absolute Gasteiger partial charge is 0.416 e. The Kier molecular flexibility index (Phi) is 4.97. The molecule has 6 nitrogen and oxygen atoms in total. The van der Waals surface area contributed by atoms with Crippen molar-refractivity contribution >= 4 is 11.6 Å². The monoisotopic (exact) mass is 361 g/mol. The number of aromatic nitrogens is 4. The highest BCUT2D eigenvalue weighted by molar-refractivity contribution is 6.04. The minimum atomic E-state index is -4.49. The number of tetrazole rings is 1. The van der Waals surface area contributed by atoms with Gasteiger partial charge in [0.1, 0.15) is 0 Å². The molecule has 9 heteroatoms. The predicted molar refractivity (Wildman–Crippen MR) is 87.4 cm³/mol. The van der Waals surface area contributed by atoms with Gasteiger partial charge in [0.25, 0.3) is 5.91 Å². The van der Waals surface area contributed by atoms with Crippen molar-refractivity contribution in [2.24, 2.45) is 0 Å². The Labute approximate surface area is 146 Å². The number of nitrogens with zero attached hydrogens (tertiary/aromatic N) is 3. The fourth-order valence-electron chi connectivity index (χ4n) is 2.34. The number of H-pyrrole nitrogens is 1. The third-order valence-corrected chi connectivity index (χ3v) is 3.69. The SMILES string of the molecule is O=C(Nc1ccc(CCc2nn[nH]n2)cc1)c1cccc(C(F)(F)F)c1. The summed E-state index contributed by atoms with van der Waals surface area (Å²) in [4.78, 5) is 12.2. The maximum atomic E-state index is 12.7. The fraction of sp³-hybridized carbons (Fsp3) is 0.176. The molecule has 26 heavy (non-hydrogen) atoms. The molecule has 0 atom stereocenters. The summed E-state index contributed by atoms with van der Waals surface area (Å²) < 4.78 is 38.2. The van der Waals surface area contributed by atoms with E-state index >= 15 is 0 Å². The summed E-state index contributed by atoms with van der Waals surface area (Å²) in [7, 11) is 0. The summed E-state index contributed by atoms with van der Waals surface area (Å²) in [6.45, 7) is 0. The number of carbonyl (C=O) groups excluding carboxylic acids is 1. The number of aryl methyl sites for hydroxylation is 2. The maximum Gasteiger partial charge on any atom is 0.416 e. The zero-order chi connectivity index (χ0) is 18.6. The van der Waals surface area contributed by atoms with Gasteiger partial charge in [0.15, 0.2) is 5.82 Å². The Bertz CT molecular complexity index is 876. The number of alkyl halides is 3. The first-order valence-corrected chi connectivity index (χ1v) is 7.72. The van der Waals surface area contributed by atoms with Gasteiger partial charge in [-0.1, -0.05) is 23.4 Å². The molecule has 0 radical (unpaired) electrons. The standard InChI is InChI=1S/C17H14F3N5O/c18-17(19,20)13-3-1-2-12(10-13)16(26)21-14-7-4-11(5-8-14)6-9-15-22-24-25-23-15/h1-5,7-8,10H,6,9H2,(H,21,26)(H,22,23,24,25). The number of carbonyl (C=O) groups is 1. The molecule has 1 amide bonds. The molecule has 0 bridgehead atoms. The molecule has 0 saturated carbocycles. The molecule has 0 spiro atoms. The number of anilines is 1. The van der Waals surface area contributed by atoms with Crippen LogP contribution in [0.25, 0.3) is 0 Å². The molecule has 0 aliphatic heterocycles. The van der Waals surface area contributed by atoms with Gasteiger partial charge in [-0.05, 0) is 42.3 Å². The molecule has 1 aromatic heterocycles. The van der Waals surface area contributed by atoms with Crippen molar-refractivity contribution in [2.45, 2.75) is 19.0 Å². The van der Waals surface area contributed by atoms with E-state index in [1.165, 1.54) is 12.1 Å². The lowest BCUT2D eigenvalue weighted by atomic mass is 10.1. The number of benzene rings is 2. The molecule has 0 saturated heterocycles. The summed E-state index contributed by atoms with van der Waals surface area (Å²) in [5.41, 5.74) is 0.588. The highest BCUT2D eigenvalue weighted by atomic mass is 19.4. The zero-order valence-corrected chi connectivity index (χ0v) is 13.4. The van der Waals surface area contributed by atoms with E-state index in [2.05, 4.69) is 25.9 Å². The van der Waals surface area contributed by atoms with E-state index in [0.29, 0.717) is 24.4 Å². The van der Waals surface area contributed by atoms with Gasteiger partial charge < -0.3 is 5.32 Å². The van der Waals surface area contributed by atoms with E-state index in [0.717, 1.165) is 17.7 Å². The summed E-state index contributed by atoms with van der Waals surface area (Å²) in [6, 6.07) is 11.3. The van der Waals surface area contributed by atoms with Gasteiger partial charge in [-0.3, -0.25) is 4.79 Å². The number of rotatable bonds is 5. The lowest BCUT2D eigenvalue weighted by molar-refractivity contribution is -0.137. The van der Waals surface area contributed by atoms with E-state index in [9.17, 15) is 18.0 Å². The van der Waals surface area contributed by atoms with Crippen LogP contribution < -0.4 is 5.32 Å². The molecule has 3 rings (SSSR count). The van der Waals surface area contributed by atoms with Gasteiger partial charge in [-0.25, -0.2) is 0 Å². The van der Waals surface area contributed by atoms with Crippen LogP contribution in [0.4, 0.5) is 18.9 Å². The van der Waals surface area contributed by atoms with E-state index in [4.69, 9.17) is 0 Å². The first kappa shape index (κ1) is 17.6. The quantitative estimate of drug-likeness (QED) is 0.731. The van der Waals surface area contributed by atoms with Crippen LogP contribution >= 0.6 is 0 Å². The molecule has 2 N–H and O–H groups in total. The van der Waals surface area contributed by atoms with E-state index in [1.54, 1.807) is 12.1 Å². The smallest absolute Gasteiger partial charge is 0.322 e. The minimum absolute atomic E-state index is 0.0546. The zero-order valence-electron chi connectivity index (χ0n) is 13.4. The van der Waals surface area contributed by atoms with Gasteiger partial charge >= 0.3 is 6.18 Å². The summed E-state index contributed by atoms with van der Waals surface area (Å²) in [6.07, 6.45) is -3.18. The average molecular weight is 361 g/mol. The Hall–Kier alpha value is -3.23. The van der Waals surface area contributed by atoms with Crippen molar-refractivity contribution in [3.63, 3.8) is 0 Å². The van der Waals surface area contributed by atoms with Crippen molar-refractivity contribution in [2.75, 3.05) is 5.32 Å². The second-order valence-corrected chi connectivity index (χ2v) is 5.56. The Morgan fingerprint density at radius 2 is 1.85 bits per heavy atom. The van der Waals surface area contributed by atoms with Crippen LogP contribution in [0, 0.1) is 0 Å². The first-order valence-electron chi connectivity index (χ1n) is 7.72. The van der Waals surface area contributed by atoms with Gasteiger partial charge in [0.2, 0.25) is 0 Å². The van der Waals surface area contributed by atoms with Crippen molar-refractivity contribution < 1.29 is 18.0 Å². The molecular weight excluding hydrogens is 347 g/mol. The summed E-state index contributed by atoms with van der Waals surface area (Å²) in [5, 5.41) is 16.2. The predicted octanol–water partition coefficient (Wildman–Crippen LogP) is 3.26. The number of hydrogen-bond donors (Lipinski definition) is 2. The Morgan fingerprint density at radius 1 is 1.08 bits per heavy atom. The lowest BCUT2D eigenvalue weighted by Gasteiger charge is -2.09. The number of amides is 1. The third kappa shape index (κ3) is 4.44. The van der Waals surface area contributed by atoms with E-state index < -0.39 is 17.6 Å². The van der Waals surface area contributed by atoms with Gasteiger partial charge in [0.05, 0.1) is 5.56 Å². The molecule has 1 heterocycles. The van der Waals surface area contributed by atoms with Crippen LogP contribution in [-0.4, -0.2) is 26.5 Å². The number of halogens is 3. The normalized spacial score (nSPS) is 11.3. The molecule has 0 aliphatic rings. The van der Waals surface area contributed by atoms with Crippen molar-refractivity contribution in [1.29, 1.82) is 0 Å². The number of aromatic amines is 1. The summed E-state index contributed by atoms with van der Waals surface area (Å²) in [5.74, 6) is 0.00238. The summed E-state index contributed by atoms with van der Waals surface area (Å²) >= 11 is 0. The molecule has 0 unspecified atom stereocenters. The van der Waals surface area contributed by atoms with E-state index in [-0.39, 0.29) is 5.56 Å². The molecule has 0 fully saturated rings. The van der Waals surface area contributed by atoms with Crippen LogP contribution in [0.1, 0.15) is 27.3 Å². The second kappa shape index (κ2) is 7.34. The molecule has 3 aromatic rings. The fourth-order valence-corrected chi connectivity index (χ4v) is 2.34. The van der Waals surface area contributed by atoms with Crippen LogP contribution in [0.3, 0.4) is 0 Å².